The third-order valence-corrected chi connectivity index (χ3v) is 2.97. The van der Waals surface area contributed by atoms with Crippen molar-refractivity contribution in [3.8, 4) is 0 Å². The van der Waals surface area contributed by atoms with Gasteiger partial charge < -0.3 is 5.32 Å². The molecule has 1 N–H and O–H groups in total. The maximum absolute atomic E-state index is 4.45. The zero-order chi connectivity index (χ0) is 9.80. The van der Waals surface area contributed by atoms with Crippen molar-refractivity contribution in [1.29, 1.82) is 0 Å². The van der Waals surface area contributed by atoms with Crippen LogP contribution in [0.3, 0.4) is 0 Å². The molecule has 0 aliphatic carbocycles. The summed E-state index contributed by atoms with van der Waals surface area (Å²) in [6.07, 6.45) is 3.54. The molecular formula is C11H13BrN2. The molecule has 1 aliphatic rings. The lowest BCUT2D eigenvalue weighted by molar-refractivity contribution is 0.737. The second kappa shape index (κ2) is 4.60. The fourth-order valence-electron chi connectivity index (χ4n) is 1.52. The lowest BCUT2D eigenvalue weighted by Crippen LogP contribution is -2.16. The lowest BCUT2D eigenvalue weighted by atomic mass is 10.2. The Kier molecular flexibility index (Phi) is 3.19. The summed E-state index contributed by atoms with van der Waals surface area (Å²) < 4.78 is 1.09. The van der Waals surface area contributed by atoms with Gasteiger partial charge in [-0.25, -0.2) is 0 Å². The Morgan fingerprint density at radius 2 is 2.07 bits per heavy atom. The van der Waals surface area contributed by atoms with Crippen molar-refractivity contribution in [2.75, 3.05) is 11.9 Å². The van der Waals surface area contributed by atoms with Gasteiger partial charge in [0.1, 0.15) is 5.84 Å². The van der Waals surface area contributed by atoms with Crippen molar-refractivity contribution >= 4 is 27.5 Å². The van der Waals surface area contributed by atoms with Gasteiger partial charge in [0.15, 0.2) is 0 Å². The monoisotopic (exact) mass is 252 g/mol. The van der Waals surface area contributed by atoms with Gasteiger partial charge in [-0.1, -0.05) is 12.1 Å². The number of nitrogens with one attached hydrogen (secondary N) is 1. The van der Waals surface area contributed by atoms with E-state index in [1.807, 2.05) is 18.2 Å². The maximum Gasteiger partial charge on any atom is 0.101 e. The van der Waals surface area contributed by atoms with E-state index in [-0.39, 0.29) is 0 Å². The van der Waals surface area contributed by atoms with Crippen molar-refractivity contribution in [2.45, 2.75) is 19.3 Å². The Balaban J connectivity index is 2.10. The molecule has 1 aromatic carbocycles. The lowest BCUT2D eigenvalue weighted by Gasteiger charge is -2.14. The molecule has 0 bridgehead atoms. The molecule has 74 valence electrons. The Hall–Kier alpha value is -0.830. The van der Waals surface area contributed by atoms with Gasteiger partial charge in [0.05, 0.1) is 5.69 Å². The third-order valence-electron chi connectivity index (χ3n) is 2.28. The quantitative estimate of drug-likeness (QED) is 0.814. The van der Waals surface area contributed by atoms with Gasteiger partial charge in [0.2, 0.25) is 0 Å². The van der Waals surface area contributed by atoms with Crippen LogP contribution < -0.4 is 5.32 Å². The second-order valence-corrected chi connectivity index (χ2v) is 4.24. The first-order chi connectivity index (χ1) is 6.86. The summed E-state index contributed by atoms with van der Waals surface area (Å²) >= 11 is 3.51. The SMILES string of the molecule is Brc1ccccc1NC1=NCCCC1. The molecule has 2 nitrogen and oxygen atoms in total. The van der Waals surface area contributed by atoms with Crippen LogP contribution in [0.25, 0.3) is 0 Å². The predicted octanol–water partition coefficient (Wildman–Crippen LogP) is 3.44. The Morgan fingerprint density at radius 1 is 1.21 bits per heavy atom. The van der Waals surface area contributed by atoms with Gasteiger partial charge in [0, 0.05) is 17.4 Å². The summed E-state index contributed by atoms with van der Waals surface area (Å²) in [4.78, 5) is 4.45. The minimum absolute atomic E-state index is 0.965. The van der Waals surface area contributed by atoms with Gasteiger partial charge in [0.25, 0.3) is 0 Å². The fourth-order valence-corrected chi connectivity index (χ4v) is 1.90. The van der Waals surface area contributed by atoms with Gasteiger partial charge in [-0.05, 0) is 40.9 Å². The van der Waals surface area contributed by atoms with Crippen molar-refractivity contribution in [3.05, 3.63) is 28.7 Å². The van der Waals surface area contributed by atoms with Gasteiger partial charge in [-0.2, -0.15) is 0 Å². The van der Waals surface area contributed by atoms with Crippen molar-refractivity contribution in [2.24, 2.45) is 4.99 Å². The minimum Gasteiger partial charge on any atom is -0.343 e. The summed E-state index contributed by atoms with van der Waals surface area (Å²) in [7, 11) is 0. The largest absolute Gasteiger partial charge is 0.343 e. The molecule has 3 heteroatoms. The number of para-hydroxylation sites is 1. The van der Waals surface area contributed by atoms with E-state index in [9.17, 15) is 0 Å². The highest BCUT2D eigenvalue weighted by atomic mass is 79.9. The molecule has 0 unspecified atom stereocenters. The molecule has 0 radical (unpaired) electrons. The highest BCUT2D eigenvalue weighted by Crippen LogP contribution is 2.22. The number of benzene rings is 1. The molecular weight excluding hydrogens is 240 g/mol. The van der Waals surface area contributed by atoms with Crippen LogP contribution in [0, 0.1) is 0 Å². The molecule has 1 aromatic rings. The van der Waals surface area contributed by atoms with Crippen LogP contribution in [0.1, 0.15) is 19.3 Å². The van der Waals surface area contributed by atoms with E-state index in [1.54, 1.807) is 0 Å². The summed E-state index contributed by atoms with van der Waals surface area (Å²) in [5, 5.41) is 3.35. The first kappa shape index (κ1) is 9.71. The van der Waals surface area contributed by atoms with E-state index >= 15 is 0 Å². The van der Waals surface area contributed by atoms with E-state index in [0.717, 1.165) is 29.0 Å². The number of amidine groups is 1. The summed E-state index contributed by atoms with van der Waals surface area (Å²) in [6, 6.07) is 8.13. The molecule has 1 heterocycles. The number of halogens is 1. The minimum atomic E-state index is 0.965. The van der Waals surface area contributed by atoms with Crippen LogP contribution in [0.2, 0.25) is 0 Å². The standard InChI is InChI=1S/C11H13BrN2/c12-9-5-1-2-6-10(9)14-11-7-3-4-8-13-11/h1-2,5-6H,3-4,7-8H2,(H,13,14). The van der Waals surface area contributed by atoms with Crippen LogP contribution in [-0.2, 0) is 0 Å². The molecule has 0 atom stereocenters. The van der Waals surface area contributed by atoms with E-state index < -0.39 is 0 Å². The third kappa shape index (κ3) is 2.35. The van der Waals surface area contributed by atoms with Crippen molar-refractivity contribution < 1.29 is 0 Å². The van der Waals surface area contributed by atoms with Crippen LogP contribution in [0.4, 0.5) is 5.69 Å². The van der Waals surface area contributed by atoms with Crippen LogP contribution >= 0.6 is 15.9 Å². The molecule has 14 heavy (non-hydrogen) atoms. The zero-order valence-electron chi connectivity index (χ0n) is 7.96. The number of rotatable bonds is 1. The van der Waals surface area contributed by atoms with Crippen LogP contribution in [0.15, 0.2) is 33.7 Å². The maximum atomic E-state index is 4.45. The van der Waals surface area contributed by atoms with Crippen LogP contribution in [-0.4, -0.2) is 12.4 Å². The number of anilines is 1. The topological polar surface area (TPSA) is 24.4 Å². The number of nitrogens with zero attached hydrogens (tertiary/aromatic N) is 1. The average molecular weight is 253 g/mol. The second-order valence-electron chi connectivity index (χ2n) is 3.39. The summed E-state index contributed by atoms with van der Waals surface area (Å²) in [6.45, 7) is 0.965. The van der Waals surface area contributed by atoms with Gasteiger partial charge in [-0.15, -0.1) is 0 Å². The average Bonchev–Trinajstić information content (AvgIpc) is 2.23. The zero-order valence-corrected chi connectivity index (χ0v) is 9.55. The summed E-state index contributed by atoms with van der Waals surface area (Å²) in [5.41, 5.74) is 1.10. The molecule has 1 aliphatic heterocycles. The van der Waals surface area contributed by atoms with Crippen molar-refractivity contribution in [3.63, 3.8) is 0 Å². The Labute approximate surface area is 92.6 Å². The normalized spacial score (nSPS) is 16.2. The van der Waals surface area contributed by atoms with Gasteiger partial charge >= 0.3 is 0 Å². The fraction of sp³-hybridized carbons (Fsp3) is 0.364. The predicted molar refractivity (Wildman–Crippen MR) is 63.9 cm³/mol. The summed E-state index contributed by atoms with van der Waals surface area (Å²) in [5.74, 6) is 1.11. The van der Waals surface area contributed by atoms with E-state index in [4.69, 9.17) is 0 Å². The number of aliphatic imine (C=N–C) groups is 1. The van der Waals surface area contributed by atoms with E-state index in [1.165, 1.54) is 12.8 Å². The smallest absolute Gasteiger partial charge is 0.101 e. The van der Waals surface area contributed by atoms with Gasteiger partial charge in [-0.3, -0.25) is 4.99 Å². The Bertz CT molecular complexity index is 347. The molecule has 0 amide bonds. The number of hydrogen-bond donors (Lipinski definition) is 1. The van der Waals surface area contributed by atoms with Crippen molar-refractivity contribution in [1.82, 2.24) is 0 Å². The first-order valence-corrected chi connectivity index (χ1v) is 5.70. The molecule has 2 rings (SSSR count). The molecule has 0 fully saturated rings. The molecule has 0 spiro atoms. The molecule has 0 saturated heterocycles. The van der Waals surface area contributed by atoms with Crippen LogP contribution in [0.5, 0.6) is 0 Å². The number of hydrogen-bond acceptors (Lipinski definition) is 2. The first-order valence-electron chi connectivity index (χ1n) is 4.91. The highest BCUT2D eigenvalue weighted by Gasteiger charge is 2.06. The molecule has 0 saturated carbocycles. The molecule has 0 aromatic heterocycles. The van der Waals surface area contributed by atoms with E-state index in [0.29, 0.717) is 0 Å². The van der Waals surface area contributed by atoms with E-state index in [2.05, 4.69) is 32.3 Å². The highest BCUT2D eigenvalue weighted by molar-refractivity contribution is 9.10. The Morgan fingerprint density at radius 3 is 2.79 bits per heavy atom.